The van der Waals surface area contributed by atoms with Crippen LogP contribution in [0.4, 0.5) is 0 Å². The summed E-state index contributed by atoms with van der Waals surface area (Å²) >= 11 is 3.30. The number of aromatic nitrogens is 2. The number of nitrogens with zero attached hydrogens (tertiary/aromatic N) is 2. The summed E-state index contributed by atoms with van der Waals surface area (Å²) in [6.45, 7) is -0.366. The second-order valence-corrected chi connectivity index (χ2v) is 7.11. The number of nitrogens with one attached hydrogen (secondary N) is 1. The Labute approximate surface area is 130 Å². The number of halogens is 1. The first-order valence-corrected chi connectivity index (χ1v) is 8.15. The molecule has 0 saturated carbocycles. The zero-order valence-corrected chi connectivity index (χ0v) is 13.3. The Hall–Kier alpha value is -1.71. The maximum absolute atomic E-state index is 12.4. The number of H-pyrrole nitrogens is 1. The number of hydrogen-bond acceptors (Lipinski definition) is 4. The standard InChI is InChI=1S/C12H13BrN4O3S/c13-10-3-1-9(2-4-10)7-17(8-11(14)18)21(19,20)12-5-6-15-16-12/h1-6H,7-8H2,(H2,14,18)(H,15,16). The molecule has 0 fully saturated rings. The lowest BCUT2D eigenvalue weighted by molar-refractivity contribution is -0.118. The molecular formula is C12H13BrN4O3S. The van der Waals surface area contributed by atoms with Gasteiger partial charge < -0.3 is 5.73 Å². The van der Waals surface area contributed by atoms with Crippen LogP contribution in [0.5, 0.6) is 0 Å². The Bertz CT molecular complexity index is 713. The van der Waals surface area contributed by atoms with Crippen molar-refractivity contribution in [3.05, 3.63) is 46.6 Å². The van der Waals surface area contributed by atoms with Crippen molar-refractivity contribution in [1.29, 1.82) is 0 Å². The van der Waals surface area contributed by atoms with E-state index in [1.165, 1.54) is 12.3 Å². The molecule has 0 spiro atoms. The summed E-state index contributed by atoms with van der Waals surface area (Å²) in [6.07, 6.45) is 1.33. The van der Waals surface area contributed by atoms with Crippen molar-refractivity contribution in [3.8, 4) is 0 Å². The van der Waals surface area contributed by atoms with E-state index >= 15 is 0 Å². The fourth-order valence-corrected chi connectivity index (χ4v) is 3.28. The zero-order valence-electron chi connectivity index (χ0n) is 10.9. The summed E-state index contributed by atoms with van der Waals surface area (Å²) in [5, 5.41) is 5.92. The van der Waals surface area contributed by atoms with Crippen LogP contribution in [-0.4, -0.2) is 35.4 Å². The lowest BCUT2D eigenvalue weighted by atomic mass is 10.2. The molecule has 0 aliphatic rings. The Kier molecular flexibility index (Phi) is 4.76. The number of carbonyl (C=O) groups excluding carboxylic acids is 1. The van der Waals surface area contributed by atoms with Gasteiger partial charge in [-0.15, -0.1) is 0 Å². The van der Waals surface area contributed by atoms with E-state index in [9.17, 15) is 13.2 Å². The first-order chi connectivity index (χ1) is 9.89. The molecule has 0 bridgehead atoms. The predicted molar refractivity (Wildman–Crippen MR) is 79.5 cm³/mol. The van der Waals surface area contributed by atoms with Gasteiger partial charge in [-0.1, -0.05) is 28.1 Å². The number of rotatable bonds is 6. The fraction of sp³-hybridized carbons (Fsp3) is 0.167. The molecule has 21 heavy (non-hydrogen) atoms. The third-order valence-corrected chi connectivity index (χ3v) is 4.95. The van der Waals surface area contributed by atoms with E-state index in [2.05, 4.69) is 26.1 Å². The summed E-state index contributed by atoms with van der Waals surface area (Å²) in [5.74, 6) is -0.727. The van der Waals surface area contributed by atoms with Crippen molar-refractivity contribution in [2.24, 2.45) is 5.73 Å². The van der Waals surface area contributed by atoms with E-state index in [0.717, 1.165) is 14.3 Å². The molecule has 1 aromatic carbocycles. The van der Waals surface area contributed by atoms with E-state index < -0.39 is 22.5 Å². The lowest BCUT2D eigenvalue weighted by Crippen LogP contribution is -2.38. The van der Waals surface area contributed by atoms with Crippen LogP contribution in [0.25, 0.3) is 0 Å². The average Bonchev–Trinajstić information content (AvgIpc) is 2.94. The SMILES string of the molecule is NC(=O)CN(Cc1ccc(Br)cc1)S(=O)(=O)c1ccn[nH]1. The third kappa shape index (κ3) is 3.90. The van der Waals surface area contributed by atoms with E-state index in [-0.39, 0.29) is 11.6 Å². The molecule has 2 rings (SSSR count). The van der Waals surface area contributed by atoms with Crippen molar-refractivity contribution in [2.45, 2.75) is 11.6 Å². The summed E-state index contributed by atoms with van der Waals surface area (Å²) in [7, 11) is -3.86. The molecule has 9 heteroatoms. The highest BCUT2D eigenvalue weighted by atomic mass is 79.9. The number of sulfonamides is 1. The maximum Gasteiger partial charge on any atom is 0.260 e. The van der Waals surface area contributed by atoms with Crippen LogP contribution < -0.4 is 5.73 Å². The van der Waals surface area contributed by atoms with E-state index in [0.29, 0.717) is 0 Å². The normalized spacial score (nSPS) is 11.7. The lowest BCUT2D eigenvalue weighted by Gasteiger charge is -2.19. The molecule has 1 amide bonds. The highest BCUT2D eigenvalue weighted by Gasteiger charge is 2.27. The number of primary amides is 1. The molecule has 0 aliphatic heterocycles. The molecule has 0 atom stereocenters. The number of amides is 1. The predicted octanol–water partition coefficient (Wildman–Crippen LogP) is 0.848. The van der Waals surface area contributed by atoms with E-state index in [1.54, 1.807) is 24.3 Å². The number of carbonyl (C=O) groups is 1. The van der Waals surface area contributed by atoms with Gasteiger partial charge in [-0.25, -0.2) is 8.42 Å². The summed E-state index contributed by atoms with van der Waals surface area (Å²) < 4.78 is 26.8. The number of benzene rings is 1. The monoisotopic (exact) mass is 372 g/mol. The van der Waals surface area contributed by atoms with Gasteiger partial charge in [0.15, 0.2) is 5.03 Å². The third-order valence-electron chi connectivity index (χ3n) is 2.70. The minimum Gasteiger partial charge on any atom is -0.369 e. The van der Waals surface area contributed by atoms with E-state index in [1.807, 2.05) is 0 Å². The Morgan fingerprint density at radius 2 is 1.95 bits per heavy atom. The van der Waals surface area contributed by atoms with E-state index in [4.69, 9.17) is 5.73 Å². The molecule has 7 nitrogen and oxygen atoms in total. The van der Waals surface area contributed by atoms with Gasteiger partial charge in [-0.05, 0) is 23.8 Å². The van der Waals surface area contributed by atoms with Crippen LogP contribution in [0, 0.1) is 0 Å². The molecule has 0 saturated heterocycles. The highest BCUT2D eigenvalue weighted by Crippen LogP contribution is 2.17. The van der Waals surface area contributed by atoms with Gasteiger partial charge in [-0.2, -0.15) is 9.40 Å². The summed E-state index contributed by atoms with van der Waals surface area (Å²) in [6, 6.07) is 8.44. The van der Waals surface area contributed by atoms with Crippen molar-refractivity contribution in [2.75, 3.05) is 6.54 Å². The highest BCUT2D eigenvalue weighted by molar-refractivity contribution is 9.10. The van der Waals surface area contributed by atoms with Gasteiger partial charge in [-0.3, -0.25) is 9.89 Å². The molecule has 3 N–H and O–H groups in total. The van der Waals surface area contributed by atoms with Crippen LogP contribution in [-0.2, 0) is 21.4 Å². The zero-order chi connectivity index (χ0) is 15.5. The van der Waals surface area contributed by atoms with Crippen LogP contribution in [0.3, 0.4) is 0 Å². The Balaban J connectivity index is 2.30. The summed E-state index contributed by atoms with van der Waals surface area (Å²) in [5.41, 5.74) is 5.88. The van der Waals surface area contributed by atoms with Gasteiger partial charge in [0.25, 0.3) is 10.0 Å². The van der Waals surface area contributed by atoms with Gasteiger partial charge in [0.1, 0.15) is 0 Å². The van der Waals surface area contributed by atoms with Crippen LogP contribution >= 0.6 is 15.9 Å². The van der Waals surface area contributed by atoms with Gasteiger partial charge in [0.2, 0.25) is 5.91 Å². The minimum absolute atomic E-state index is 0.0393. The van der Waals surface area contributed by atoms with Crippen LogP contribution in [0.15, 0.2) is 46.0 Å². The topological polar surface area (TPSA) is 109 Å². The van der Waals surface area contributed by atoms with Gasteiger partial charge in [0, 0.05) is 11.0 Å². The van der Waals surface area contributed by atoms with Crippen LogP contribution in [0.1, 0.15) is 5.56 Å². The molecule has 0 radical (unpaired) electrons. The van der Waals surface area contributed by atoms with Crippen molar-refractivity contribution in [1.82, 2.24) is 14.5 Å². The Morgan fingerprint density at radius 3 is 2.48 bits per heavy atom. The maximum atomic E-state index is 12.4. The molecule has 0 unspecified atom stereocenters. The smallest absolute Gasteiger partial charge is 0.260 e. The molecule has 1 heterocycles. The average molecular weight is 373 g/mol. The number of hydrogen-bond donors (Lipinski definition) is 2. The molecule has 0 aliphatic carbocycles. The second-order valence-electron chi connectivity index (χ2n) is 4.29. The summed E-state index contributed by atoms with van der Waals surface area (Å²) in [4.78, 5) is 11.2. The second kappa shape index (κ2) is 6.37. The first kappa shape index (κ1) is 15.7. The molecule has 1 aromatic heterocycles. The number of nitrogens with two attached hydrogens (primary N) is 1. The van der Waals surface area contributed by atoms with Crippen molar-refractivity contribution < 1.29 is 13.2 Å². The molecule has 112 valence electrons. The Morgan fingerprint density at radius 1 is 1.29 bits per heavy atom. The first-order valence-electron chi connectivity index (χ1n) is 5.92. The quantitative estimate of drug-likeness (QED) is 0.782. The molecule has 2 aromatic rings. The van der Waals surface area contributed by atoms with Crippen molar-refractivity contribution in [3.63, 3.8) is 0 Å². The van der Waals surface area contributed by atoms with Gasteiger partial charge in [0.05, 0.1) is 12.7 Å². The van der Waals surface area contributed by atoms with Crippen LogP contribution in [0.2, 0.25) is 0 Å². The fourth-order valence-electron chi connectivity index (χ4n) is 1.72. The number of aromatic amines is 1. The minimum atomic E-state index is -3.86. The largest absolute Gasteiger partial charge is 0.369 e. The molecular weight excluding hydrogens is 360 g/mol. The van der Waals surface area contributed by atoms with Crippen molar-refractivity contribution >= 4 is 31.9 Å². The van der Waals surface area contributed by atoms with Gasteiger partial charge >= 0.3 is 0 Å².